The van der Waals surface area contributed by atoms with Crippen LogP contribution in [0.5, 0.6) is 0 Å². The number of benzene rings is 2. The van der Waals surface area contributed by atoms with Crippen molar-refractivity contribution in [2.24, 2.45) is 0 Å². The van der Waals surface area contributed by atoms with Crippen molar-refractivity contribution in [3.63, 3.8) is 0 Å². The van der Waals surface area contributed by atoms with E-state index >= 15 is 0 Å². The molecule has 8 nitrogen and oxygen atoms in total. The van der Waals surface area contributed by atoms with Gasteiger partial charge in [0.15, 0.2) is 4.34 Å². The smallest absolute Gasteiger partial charge is 0.243 e. The number of hydrogen-bond acceptors (Lipinski definition) is 8. The third-order valence-corrected chi connectivity index (χ3v) is 9.16. The van der Waals surface area contributed by atoms with Crippen LogP contribution in [0.1, 0.15) is 26.3 Å². The van der Waals surface area contributed by atoms with Crippen LogP contribution in [-0.4, -0.2) is 47.2 Å². The molecule has 0 aliphatic carbocycles. The van der Waals surface area contributed by atoms with Crippen LogP contribution in [0, 0.1) is 12.7 Å². The number of nitrogens with one attached hydrogen (secondary N) is 2. The highest BCUT2D eigenvalue weighted by atomic mass is 32.2. The molecule has 0 radical (unpaired) electrons. The molecule has 182 valence electrons. The zero-order valence-corrected chi connectivity index (χ0v) is 21.7. The highest BCUT2D eigenvalue weighted by Crippen LogP contribution is 2.31. The second-order valence-corrected chi connectivity index (χ2v) is 11.8. The Kier molecular flexibility index (Phi) is 8.63. The summed E-state index contributed by atoms with van der Waals surface area (Å²) in [6, 6.07) is 11.1. The molecule has 1 heterocycles. The number of sulfonamides is 1. The number of carbonyl (C=O) groups excluding carboxylic acids is 1. The molecule has 2 N–H and O–H groups in total. The molecule has 1 aromatic heterocycles. The molecule has 1 atom stereocenters. The molecule has 0 saturated heterocycles. The zero-order valence-electron chi connectivity index (χ0n) is 19.2. The van der Waals surface area contributed by atoms with Gasteiger partial charge in [-0.1, -0.05) is 55.1 Å². The second kappa shape index (κ2) is 11.3. The summed E-state index contributed by atoms with van der Waals surface area (Å²) in [5.74, 6) is -0.709. The number of anilines is 3. The number of halogens is 1. The van der Waals surface area contributed by atoms with E-state index < -0.39 is 21.1 Å². The maximum Gasteiger partial charge on any atom is 0.243 e. The van der Waals surface area contributed by atoms with Crippen LogP contribution in [0.15, 0.2) is 51.7 Å². The van der Waals surface area contributed by atoms with Crippen LogP contribution in [0.3, 0.4) is 0 Å². The van der Waals surface area contributed by atoms with Gasteiger partial charge in [0.2, 0.25) is 21.1 Å². The topological polar surface area (TPSA) is 104 Å². The number of hydrogen-bond donors (Lipinski definition) is 2. The summed E-state index contributed by atoms with van der Waals surface area (Å²) in [4.78, 5) is 12.9. The van der Waals surface area contributed by atoms with Crippen molar-refractivity contribution in [1.82, 2.24) is 14.5 Å². The van der Waals surface area contributed by atoms with Gasteiger partial charge in [-0.15, -0.1) is 10.2 Å². The van der Waals surface area contributed by atoms with E-state index in [0.29, 0.717) is 33.8 Å². The molecule has 0 unspecified atom stereocenters. The summed E-state index contributed by atoms with van der Waals surface area (Å²) < 4.78 is 41.6. The van der Waals surface area contributed by atoms with Crippen LogP contribution in [0.2, 0.25) is 0 Å². The number of carbonyl (C=O) groups is 1. The van der Waals surface area contributed by atoms with E-state index in [1.54, 1.807) is 58.0 Å². The number of rotatable bonds is 10. The molecule has 0 aliphatic rings. The van der Waals surface area contributed by atoms with Crippen LogP contribution >= 0.6 is 23.1 Å². The lowest BCUT2D eigenvalue weighted by atomic mass is 10.2. The SMILES string of the molecule is CCN(CC)S(=O)(=O)c1cc(NC(=O)[C@@H](C)Sc2nnc(Nc3ccccc3F)s2)ccc1C. The molecule has 12 heteroatoms. The van der Waals surface area contributed by atoms with Crippen molar-refractivity contribution in [1.29, 1.82) is 0 Å². The summed E-state index contributed by atoms with van der Waals surface area (Å²) in [7, 11) is -3.66. The molecule has 0 aliphatic heterocycles. The molecule has 1 amide bonds. The summed E-state index contributed by atoms with van der Waals surface area (Å²) >= 11 is 2.41. The lowest BCUT2D eigenvalue weighted by Crippen LogP contribution is -2.31. The molecule has 0 saturated carbocycles. The van der Waals surface area contributed by atoms with Crippen LogP contribution in [-0.2, 0) is 14.8 Å². The summed E-state index contributed by atoms with van der Waals surface area (Å²) in [6.45, 7) is 7.73. The summed E-state index contributed by atoms with van der Waals surface area (Å²) in [6.07, 6.45) is 0. The van der Waals surface area contributed by atoms with Crippen LogP contribution < -0.4 is 10.6 Å². The Morgan fingerprint density at radius 1 is 1.18 bits per heavy atom. The number of aromatic nitrogens is 2. The highest BCUT2D eigenvalue weighted by molar-refractivity contribution is 8.02. The average molecular weight is 524 g/mol. The minimum absolute atomic E-state index is 0.169. The van der Waals surface area contributed by atoms with Gasteiger partial charge in [0.05, 0.1) is 15.8 Å². The molecule has 0 bridgehead atoms. The first-order valence-electron chi connectivity index (χ1n) is 10.6. The average Bonchev–Trinajstić information content (AvgIpc) is 3.23. The van der Waals surface area contributed by atoms with Crippen molar-refractivity contribution >= 4 is 55.5 Å². The molecule has 34 heavy (non-hydrogen) atoms. The molecule has 2 aromatic carbocycles. The molecular weight excluding hydrogens is 497 g/mol. The molecule has 3 rings (SSSR count). The fourth-order valence-corrected chi connectivity index (χ4v) is 6.71. The third kappa shape index (κ3) is 6.12. The van der Waals surface area contributed by atoms with E-state index in [9.17, 15) is 17.6 Å². The predicted molar refractivity (Wildman–Crippen MR) is 135 cm³/mol. The summed E-state index contributed by atoms with van der Waals surface area (Å²) in [5, 5.41) is 13.6. The molecule has 0 fully saturated rings. The van der Waals surface area contributed by atoms with Gasteiger partial charge in [0.25, 0.3) is 0 Å². The number of amides is 1. The normalized spacial score (nSPS) is 12.5. The lowest BCUT2D eigenvalue weighted by Gasteiger charge is -2.20. The molecule has 3 aromatic rings. The van der Waals surface area contributed by atoms with Gasteiger partial charge in [-0.3, -0.25) is 4.79 Å². The maximum atomic E-state index is 13.8. The van der Waals surface area contributed by atoms with Gasteiger partial charge >= 0.3 is 0 Å². The van der Waals surface area contributed by atoms with E-state index in [1.165, 1.54) is 39.5 Å². The van der Waals surface area contributed by atoms with Gasteiger partial charge in [-0.25, -0.2) is 12.8 Å². The molecule has 0 spiro atoms. The van der Waals surface area contributed by atoms with Gasteiger partial charge in [0.1, 0.15) is 5.82 Å². The van der Waals surface area contributed by atoms with E-state index in [2.05, 4.69) is 20.8 Å². The fraction of sp³-hybridized carbons (Fsp3) is 0.318. The maximum absolute atomic E-state index is 13.8. The third-order valence-electron chi connectivity index (χ3n) is 4.95. The minimum atomic E-state index is -3.66. The van der Waals surface area contributed by atoms with Crippen molar-refractivity contribution in [2.45, 2.75) is 42.2 Å². The van der Waals surface area contributed by atoms with Crippen molar-refractivity contribution < 1.29 is 17.6 Å². The Morgan fingerprint density at radius 3 is 2.56 bits per heavy atom. The van der Waals surface area contributed by atoms with Crippen LogP contribution in [0.25, 0.3) is 0 Å². The molecular formula is C22H26FN5O3S3. The Morgan fingerprint density at radius 2 is 1.88 bits per heavy atom. The fourth-order valence-electron chi connectivity index (χ4n) is 3.09. The number of para-hydroxylation sites is 1. The Balaban J connectivity index is 1.67. The van der Waals surface area contributed by atoms with Gasteiger partial charge in [-0.05, 0) is 43.7 Å². The van der Waals surface area contributed by atoms with E-state index in [-0.39, 0.29) is 16.5 Å². The van der Waals surface area contributed by atoms with Crippen molar-refractivity contribution in [3.8, 4) is 0 Å². The van der Waals surface area contributed by atoms with Crippen molar-refractivity contribution in [2.75, 3.05) is 23.7 Å². The summed E-state index contributed by atoms with van der Waals surface area (Å²) in [5.41, 5.74) is 1.29. The zero-order chi connectivity index (χ0) is 24.9. The first-order chi connectivity index (χ1) is 16.1. The standard InChI is InChI=1S/C22H26FN5O3S3/c1-5-28(6-2)34(30,31)19-13-16(12-11-14(19)3)24-20(29)15(4)32-22-27-26-21(33-22)25-18-10-8-7-9-17(18)23/h7-13,15H,5-6H2,1-4H3,(H,24,29)(H,25,26)/t15-/m1/s1. The van der Waals surface area contributed by atoms with Crippen LogP contribution in [0.4, 0.5) is 20.9 Å². The van der Waals surface area contributed by atoms with Crippen molar-refractivity contribution in [3.05, 3.63) is 53.8 Å². The lowest BCUT2D eigenvalue weighted by molar-refractivity contribution is -0.115. The Labute approximate surface area is 207 Å². The number of aryl methyl sites for hydroxylation is 1. The largest absolute Gasteiger partial charge is 0.328 e. The van der Waals surface area contributed by atoms with Gasteiger partial charge in [-0.2, -0.15) is 4.31 Å². The van der Waals surface area contributed by atoms with E-state index in [0.717, 1.165) is 0 Å². The van der Waals surface area contributed by atoms with E-state index in [4.69, 9.17) is 0 Å². The van der Waals surface area contributed by atoms with E-state index in [1.807, 2.05) is 0 Å². The first-order valence-corrected chi connectivity index (χ1v) is 13.7. The monoisotopic (exact) mass is 523 g/mol. The Bertz CT molecular complexity index is 1260. The second-order valence-electron chi connectivity index (χ2n) is 7.30. The first kappa shape index (κ1) is 26.1. The Hall–Kier alpha value is -2.54. The quantitative estimate of drug-likeness (QED) is 0.365. The predicted octanol–water partition coefficient (Wildman–Crippen LogP) is 4.88. The number of nitrogens with zero attached hydrogens (tertiary/aromatic N) is 3. The minimum Gasteiger partial charge on any atom is -0.328 e. The van der Waals surface area contributed by atoms with Gasteiger partial charge < -0.3 is 10.6 Å². The van der Waals surface area contributed by atoms with Gasteiger partial charge in [0, 0.05) is 18.8 Å². The highest BCUT2D eigenvalue weighted by Gasteiger charge is 2.25. The number of thioether (sulfide) groups is 1.